The van der Waals surface area contributed by atoms with Crippen molar-refractivity contribution in [3.8, 4) is 28.5 Å². The Morgan fingerprint density at radius 1 is 0.567 bits per heavy atom. The fraction of sp³-hybridized carbons (Fsp3) is 0. The van der Waals surface area contributed by atoms with Gasteiger partial charge in [-0.2, -0.15) is 0 Å². The molecule has 0 atom stereocenters. The monoisotopic (exact) mass is 443 g/mol. The second kappa shape index (κ2) is 7.29. The summed E-state index contributed by atoms with van der Waals surface area (Å²) in [5.74, 6) is 1.68. The van der Waals surface area contributed by atoms with Crippen LogP contribution >= 0.6 is 7.81 Å². The molecular weight excluding hydrogens is 427 g/mol. The van der Waals surface area contributed by atoms with E-state index in [9.17, 15) is 25.2 Å². The molecule has 0 aliphatic rings. The van der Waals surface area contributed by atoms with Gasteiger partial charge in [0.15, 0.2) is 0 Å². The molecule has 9 heteroatoms. The van der Waals surface area contributed by atoms with Crippen molar-refractivity contribution in [3.05, 3.63) is 97.2 Å². The van der Waals surface area contributed by atoms with E-state index in [0.717, 1.165) is 28.5 Å². The Bertz CT molecular complexity index is 1040. The molecule has 2 nitrogen and oxygen atoms in total. The first-order chi connectivity index (χ1) is 13.9. The molecule has 30 heavy (non-hydrogen) atoms. The minimum Gasteiger partial charge on any atom is -0.397 e. The van der Waals surface area contributed by atoms with Crippen molar-refractivity contribution in [1.82, 2.24) is 0 Å². The van der Waals surface area contributed by atoms with E-state index in [0.29, 0.717) is 0 Å². The molecule has 0 spiro atoms. The smallest absolute Gasteiger partial charge is 0.387 e. The summed E-state index contributed by atoms with van der Waals surface area (Å²) in [5, 5.41) is 0. The number of halogens is 6. The van der Waals surface area contributed by atoms with Crippen molar-refractivity contribution >= 4 is 7.81 Å². The SMILES string of the molecule is F[P-](F)(F)(F)(F)F.c1ccc(-c2c[n+](-c3ccccc3)c(-c3ccccc3)o2)cc1. The second-order valence-electron chi connectivity index (χ2n) is 6.30. The molecule has 1 aromatic heterocycles. The van der Waals surface area contributed by atoms with Gasteiger partial charge in [-0.15, -0.1) is 4.57 Å². The molecule has 0 bridgehead atoms. The third-order valence-corrected chi connectivity index (χ3v) is 3.79. The van der Waals surface area contributed by atoms with Gasteiger partial charge in [-0.05, 0) is 12.1 Å². The number of hydrogen-bond acceptors (Lipinski definition) is 1. The molecule has 0 saturated heterocycles. The third-order valence-electron chi connectivity index (χ3n) is 3.79. The van der Waals surface area contributed by atoms with Crippen LogP contribution in [0.15, 0.2) is 102 Å². The molecule has 0 radical (unpaired) electrons. The van der Waals surface area contributed by atoms with E-state index in [4.69, 9.17) is 4.42 Å². The summed E-state index contributed by atoms with van der Waals surface area (Å²) >= 11 is 0. The first-order valence-corrected chi connectivity index (χ1v) is 10.7. The zero-order chi connectivity index (χ0) is 21.9. The molecule has 0 aliphatic carbocycles. The molecule has 4 aromatic rings. The van der Waals surface area contributed by atoms with E-state index in [1.54, 1.807) is 0 Å². The number of hydrogen-bond donors (Lipinski definition) is 0. The van der Waals surface area contributed by atoms with Crippen molar-refractivity contribution in [1.29, 1.82) is 0 Å². The summed E-state index contributed by atoms with van der Waals surface area (Å²) < 4.78 is 67.5. The maximum absolute atomic E-state index is 10.7. The molecule has 4 rings (SSSR count). The number of oxazole rings is 1. The molecule has 3 aromatic carbocycles. The summed E-state index contributed by atoms with van der Waals surface area (Å²) in [6, 6.07) is 30.6. The Kier molecular flexibility index (Phi) is 5.24. The summed E-state index contributed by atoms with van der Waals surface area (Å²) in [6.45, 7) is 0. The van der Waals surface area contributed by atoms with Crippen LogP contribution in [-0.4, -0.2) is 0 Å². The average Bonchev–Trinajstić information content (AvgIpc) is 3.13. The quantitative estimate of drug-likeness (QED) is 0.177. The van der Waals surface area contributed by atoms with Gasteiger partial charge in [0.05, 0.1) is 5.56 Å². The standard InChI is InChI=1S/C21H16NO.F6P/c1-4-10-17(11-5-1)20-16-22(19-14-8-3-9-15-19)21(23-20)18-12-6-2-7-13-18;1-7(2,3,4,5)6/h1-16H;/q+1;-1. The third kappa shape index (κ3) is 7.04. The van der Waals surface area contributed by atoms with Crippen molar-refractivity contribution in [2.75, 3.05) is 0 Å². The fourth-order valence-corrected chi connectivity index (χ4v) is 2.65. The molecule has 0 fully saturated rings. The molecule has 1 heterocycles. The van der Waals surface area contributed by atoms with Gasteiger partial charge < -0.3 is 4.42 Å². The van der Waals surface area contributed by atoms with Crippen molar-refractivity contribution < 1.29 is 34.2 Å². The summed E-state index contributed by atoms with van der Waals surface area (Å²) in [7, 11) is -10.7. The van der Waals surface area contributed by atoms with Crippen LogP contribution in [0.3, 0.4) is 0 Å². The Balaban J connectivity index is 0.000000318. The maximum atomic E-state index is 9.87. The van der Waals surface area contributed by atoms with Gasteiger partial charge >= 0.3 is 38.9 Å². The number of benzene rings is 3. The normalized spacial score (nSPS) is 13.5. The van der Waals surface area contributed by atoms with E-state index in [2.05, 4.69) is 41.0 Å². The Hall–Kier alpha value is -3.12. The zero-order valence-electron chi connectivity index (χ0n) is 15.3. The fourth-order valence-electron chi connectivity index (χ4n) is 2.65. The number of nitrogens with zero attached hydrogens (tertiary/aromatic N) is 1. The van der Waals surface area contributed by atoms with Gasteiger partial charge in [0.25, 0.3) is 0 Å². The van der Waals surface area contributed by atoms with E-state index in [1.807, 2.05) is 60.8 Å². The maximum Gasteiger partial charge on any atom is 0.387 e. The second-order valence-corrected chi connectivity index (χ2v) is 8.21. The number of para-hydroxylation sites is 1. The summed E-state index contributed by atoms with van der Waals surface area (Å²) in [4.78, 5) is 0. The first-order valence-electron chi connectivity index (χ1n) is 8.65. The molecule has 158 valence electrons. The molecule has 0 unspecified atom stereocenters. The summed E-state index contributed by atoms with van der Waals surface area (Å²) in [5.41, 5.74) is 3.20. The van der Waals surface area contributed by atoms with E-state index in [-0.39, 0.29) is 0 Å². The van der Waals surface area contributed by atoms with Crippen LogP contribution in [0.2, 0.25) is 0 Å². The minimum atomic E-state index is -10.7. The Morgan fingerprint density at radius 3 is 1.43 bits per heavy atom. The van der Waals surface area contributed by atoms with Gasteiger partial charge in [0.2, 0.25) is 17.6 Å². The van der Waals surface area contributed by atoms with Gasteiger partial charge in [-0.25, -0.2) is 0 Å². The molecule has 0 amide bonds. The zero-order valence-corrected chi connectivity index (χ0v) is 16.2. The topological polar surface area (TPSA) is 17.0 Å². The van der Waals surface area contributed by atoms with Gasteiger partial charge in [-0.1, -0.05) is 66.7 Å². The van der Waals surface area contributed by atoms with Crippen LogP contribution in [0.4, 0.5) is 25.2 Å². The van der Waals surface area contributed by atoms with Gasteiger partial charge in [-0.3, -0.25) is 0 Å². The molecule has 0 N–H and O–H groups in total. The molecule has 0 aliphatic heterocycles. The molecule has 0 saturated carbocycles. The van der Waals surface area contributed by atoms with Crippen LogP contribution in [0, 0.1) is 0 Å². The first kappa shape index (κ1) is 21.6. The average molecular weight is 443 g/mol. The molecular formula is C21H16F6NOP. The van der Waals surface area contributed by atoms with Crippen LogP contribution < -0.4 is 4.57 Å². The van der Waals surface area contributed by atoms with Crippen molar-refractivity contribution in [3.63, 3.8) is 0 Å². The van der Waals surface area contributed by atoms with E-state index < -0.39 is 7.81 Å². The van der Waals surface area contributed by atoms with Crippen LogP contribution in [0.5, 0.6) is 0 Å². The Morgan fingerprint density at radius 2 is 0.967 bits per heavy atom. The van der Waals surface area contributed by atoms with Crippen LogP contribution in [-0.2, 0) is 0 Å². The van der Waals surface area contributed by atoms with Crippen LogP contribution in [0.1, 0.15) is 0 Å². The van der Waals surface area contributed by atoms with E-state index >= 15 is 0 Å². The predicted octanol–water partition coefficient (Wildman–Crippen LogP) is 8.27. The van der Waals surface area contributed by atoms with Crippen molar-refractivity contribution in [2.45, 2.75) is 0 Å². The van der Waals surface area contributed by atoms with E-state index in [1.165, 1.54) is 0 Å². The largest absolute Gasteiger partial charge is 0.397 e. The van der Waals surface area contributed by atoms with Crippen LogP contribution in [0.25, 0.3) is 28.5 Å². The number of aromatic nitrogens is 1. The van der Waals surface area contributed by atoms with Gasteiger partial charge in [0.1, 0.15) is 0 Å². The number of rotatable bonds is 3. The van der Waals surface area contributed by atoms with Gasteiger partial charge in [0, 0.05) is 17.7 Å². The van der Waals surface area contributed by atoms with Crippen molar-refractivity contribution in [2.24, 2.45) is 0 Å². The predicted molar refractivity (Wildman–Crippen MR) is 105 cm³/mol. The summed E-state index contributed by atoms with van der Waals surface area (Å²) in [6.07, 6.45) is 2.05. The minimum absolute atomic E-state index is 0.829. The Labute approximate surface area is 168 Å².